The maximum atomic E-state index is 11.8. The minimum Gasteiger partial charge on any atom is -0.484 e. The minimum atomic E-state index is -0.279. The molecule has 10 heteroatoms. The predicted octanol–water partition coefficient (Wildman–Crippen LogP) is 2.11. The molecule has 2 amide bonds. The number of hydrogen-bond donors (Lipinski definition) is 4. The van der Waals surface area contributed by atoms with Crippen LogP contribution < -0.4 is 15.4 Å². The van der Waals surface area contributed by atoms with E-state index in [0.29, 0.717) is 69.6 Å². The van der Waals surface area contributed by atoms with E-state index in [0.717, 1.165) is 0 Å². The van der Waals surface area contributed by atoms with E-state index in [4.69, 9.17) is 29.8 Å². The van der Waals surface area contributed by atoms with Crippen LogP contribution in [0.15, 0.2) is 24.3 Å². The van der Waals surface area contributed by atoms with Crippen LogP contribution in [0.25, 0.3) is 0 Å². The van der Waals surface area contributed by atoms with E-state index in [9.17, 15) is 9.59 Å². The molecular weight excluding hydrogens is 428 g/mol. The summed E-state index contributed by atoms with van der Waals surface area (Å²) in [7, 11) is 0. The van der Waals surface area contributed by atoms with Crippen molar-refractivity contribution in [3.05, 3.63) is 29.8 Å². The van der Waals surface area contributed by atoms with Crippen molar-refractivity contribution in [3.63, 3.8) is 0 Å². The van der Waals surface area contributed by atoms with Gasteiger partial charge in [-0.2, -0.15) is 0 Å². The standard InChI is InChI=1S/C23H36N4O6/c1-4-20(24)33-23(25)18-5-7-19(8-6-18)32-16-22(29)26-10-12-31-14-13-30-11-9-21(28)27-15-17(2)3/h5-8,17,24-25H,4,9-16H2,1-3H3,(H,26,29)(H,27,28). The molecule has 0 radical (unpaired) electrons. The number of carbonyl (C=O) groups excluding carboxylic acids is 2. The van der Waals surface area contributed by atoms with Crippen LogP contribution >= 0.6 is 0 Å². The van der Waals surface area contributed by atoms with Gasteiger partial charge in [-0.3, -0.25) is 20.4 Å². The monoisotopic (exact) mass is 464 g/mol. The summed E-state index contributed by atoms with van der Waals surface area (Å²) in [6, 6.07) is 6.53. The van der Waals surface area contributed by atoms with Gasteiger partial charge in [-0.25, -0.2) is 0 Å². The molecule has 0 saturated heterocycles. The second kappa shape index (κ2) is 16.6. The molecular formula is C23H36N4O6. The SMILES string of the molecule is CCC(=N)OC(=N)c1ccc(OCC(=O)NCCOCCOCCC(=O)NCC(C)C)cc1. The van der Waals surface area contributed by atoms with Crippen LogP contribution in [0.4, 0.5) is 0 Å². The number of hydrogen-bond acceptors (Lipinski definition) is 8. The predicted molar refractivity (Wildman–Crippen MR) is 125 cm³/mol. The molecule has 0 aliphatic heterocycles. The number of amides is 2. The molecule has 1 aromatic rings. The highest BCUT2D eigenvalue weighted by atomic mass is 16.5. The lowest BCUT2D eigenvalue weighted by molar-refractivity contribution is -0.123. The molecule has 1 aromatic carbocycles. The van der Waals surface area contributed by atoms with Crippen LogP contribution in [-0.2, 0) is 23.8 Å². The Balaban J connectivity index is 2.05. The molecule has 0 saturated carbocycles. The van der Waals surface area contributed by atoms with Crippen molar-refractivity contribution in [1.29, 1.82) is 10.8 Å². The maximum Gasteiger partial charge on any atom is 0.258 e. The van der Waals surface area contributed by atoms with Gasteiger partial charge in [0.1, 0.15) is 5.75 Å². The van der Waals surface area contributed by atoms with Crippen LogP contribution in [0.1, 0.15) is 39.2 Å². The smallest absolute Gasteiger partial charge is 0.258 e. The lowest BCUT2D eigenvalue weighted by Crippen LogP contribution is -2.32. The molecule has 0 unspecified atom stereocenters. The average Bonchev–Trinajstić information content (AvgIpc) is 2.80. The Kier molecular flexibility index (Phi) is 14.1. The molecule has 184 valence electrons. The number of ether oxygens (including phenoxy) is 4. The van der Waals surface area contributed by atoms with Gasteiger partial charge in [0.25, 0.3) is 5.91 Å². The van der Waals surface area contributed by atoms with Crippen molar-refractivity contribution in [3.8, 4) is 5.75 Å². The van der Waals surface area contributed by atoms with E-state index < -0.39 is 0 Å². The van der Waals surface area contributed by atoms with Crippen molar-refractivity contribution >= 4 is 23.6 Å². The zero-order valence-electron chi connectivity index (χ0n) is 19.7. The Morgan fingerprint density at radius 2 is 1.61 bits per heavy atom. The molecule has 0 bridgehead atoms. The summed E-state index contributed by atoms with van der Waals surface area (Å²) in [5.74, 6) is 0.523. The lowest BCUT2D eigenvalue weighted by Gasteiger charge is -2.10. The molecule has 33 heavy (non-hydrogen) atoms. The zero-order valence-corrected chi connectivity index (χ0v) is 19.7. The first-order valence-corrected chi connectivity index (χ1v) is 11.1. The van der Waals surface area contributed by atoms with Crippen LogP contribution in [0, 0.1) is 16.7 Å². The molecule has 1 rings (SSSR count). The fraction of sp³-hybridized carbons (Fsp3) is 0.565. The summed E-state index contributed by atoms with van der Waals surface area (Å²) < 4.78 is 21.2. The molecule has 0 aliphatic rings. The van der Waals surface area contributed by atoms with E-state index in [1.807, 2.05) is 13.8 Å². The largest absolute Gasteiger partial charge is 0.484 e. The number of nitrogens with one attached hydrogen (secondary N) is 4. The summed E-state index contributed by atoms with van der Waals surface area (Å²) in [6.07, 6.45) is 0.738. The highest BCUT2D eigenvalue weighted by Gasteiger charge is 2.07. The summed E-state index contributed by atoms with van der Waals surface area (Å²) in [6.45, 7) is 8.16. The third kappa shape index (κ3) is 13.9. The first-order chi connectivity index (χ1) is 15.8. The van der Waals surface area contributed by atoms with Crippen LogP contribution in [0.2, 0.25) is 0 Å². The second-order valence-corrected chi connectivity index (χ2v) is 7.54. The van der Waals surface area contributed by atoms with Gasteiger partial charge in [0.15, 0.2) is 12.5 Å². The van der Waals surface area contributed by atoms with Crippen LogP contribution in [0.5, 0.6) is 5.75 Å². The van der Waals surface area contributed by atoms with Gasteiger partial charge >= 0.3 is 0 Å². The fourth-order valence-electron chi connectivity index (χ4n) is 2.31. The van der Waals surface area contributed by atoms with E-state index >= 15 is 0 Å². The zero-order chi connectivity index (χ0) is 24.5. The maximum absolute atomic E-state index is 11.8. The first-order valence-electron chi connectivity index (χ1n) is 11.1. The van der Waals surface area contributed by atoms with Crippen molar-refractivity contribution in [1.82, 2.24) is 10.6 Å². The number of rotatable bonds is 16. The van der Waals surface area contributed by atoms with Crippen molar-refractivity contribution in [2.75, 3.05) is 46.1 Å². The van der Waals surface area contributed by atoms with Gasteiger partial charge in [-0.1, -0.05) is 20.8 Å². The average molecular weight is 465 g/mol. The van der Waals surface area contributed by atoms with Gasteiger partial charge in [0.05, 0.1) is 26.4 Å². The van der Waals surface area contributed by atoms with E-state index in [-0.39, 0.29) is 30.2 Å². The molecule has 0 aromatic heterocycles. The molecule has 10 nitrogen and oxygen atoms in total. The Morgan fingerprint density at radius 3 is 2.24 bits per heavy atom. The van der Waals surface area contributed by atoms with E-state index in [2.05, 4.69) is 10.6 Å². The Morgan fingerprint density at radius 1 is 0.939 bits per heavy atom. The van der Waals surface area contributed by atoms with Gasteiger partial charge in [-0.15, -0.1) is 0 Å². The van der Waals surface area contributed by atoms with Crippen LogP contribution in [-0.4, -0.2) is 69.7 Å². The highest BCUT2D eigenvalue weighted by molar-refractivity contribution is 5.99. The third-order valence-electron chi connectivity index (χ3n) is 4.15. The minimum absolute atomic E-state index is 0.0210. The summed E-state index contributed by atoms with van der Waals surface area (Å²) in [5.41, 5.74) is 0.514. The molecule has 0 spiro atoms. The van der Waals surface area contributed by atoms with E-state index in [1.165, 1.54) is 0 Å². The molecule has 4 N–H and O–H groups in total. The molecule has 0 fully saturated rings. The highest BCUT2D eigenvalue weighted by Crippen LogP contribution is 2.13. The number of carbonyl (C=O) groups is 2. The third-order valence-corrected chi connectivity index (χ3v) is 4.15. The quantitative estimate of drug-likeness (QED) is 0.168. The number of benzene rings is 1. The van der Waals surface area contributed by atoms with Gasteiger partial charge in [0, 0.05) is 31.5 Å². The van der Waals surface area contributed by atoms with E-state index in [1.54, 1.807) is 31.2 Å². The Bertz CT molecular complexity index is 752. The topological polar surface area (TPSA) is 143 Å². The first kappa shape index (κ1) is 28.1. The molecule has 0 heterocycles. The second-order valence-electron chi connectivity index (χ2n) is 7.54. The summed E-state index contributed by atoms with van der Waals surface area (Å²) in [5, 5.41) is 20.8. The Labute approximate surface area is 195 Å². The van der Waals surface area contributed by atoms with Crippen LogP contribution in [0.3, 0.4) is 0 Å². The Hall–Kier alpha value is -2.98. The summed E-state index contributed by atoms with van der Waals surface area (Å²) in [4.78, 5) is 23.4. The van der Waals surface area contributed by atoms with Gasteiger partial charge in [0.2, 0.25) is 11.8 Å². The van der Waals surface area contributed by atoms with Crippen molar-refractivity contribution in [2.24, 2.45) is 5.92 Å². The molecule has 0 atom stereocenters. The normalized spacial score (nSPS) is 10.5. The van der Waals surface area contributed by atoms with Crippen molar-refractivity contribution in [2.45, 2.75) is 33.6 Å². The lowest BCUT2D eigenvalue weighted by atomic mass is 10.2. The van der Waals surface area contributed by atoms with Gasteiger partial charge < -0.3 is 29.6 Å². The molecule has 0 aliphatic carbocycles. The summed E-state index contributed by atoms with van der Waals surface area (Å²) >= 11 is 0. The van der Waals surface area contributed by atoms with Gasteiger partial charge in [-0.05, 0) is 30.2 Å². The van der Waals surface area contributed by atoms with Crippen molar-refractivity contribution < 1.29 is 28.5 Å². The fourth-order valence-corrected chi connectivity index (χ4v) is 2.31.